The molecule has 114 valence electrons. The molecule has 1 aliphatic heterocycles. The quantitative estimate of drug-likeness (QED) is 0.643. The highest BCUT2D eigenvalue weighted by atomic mass is 79.9. The van der Waals surface area contributed by atoms with E-state index in [2.05, 4.69) is 26.5 Å². The van der Waals surface area contributed by atoms with Gasteiger partial charge in [0.15, 0.2) is 9.84 Å². The summed E-state index contributed by atoms with van der Waals surface area (Å²) in [6.07, 6.45) is 1.82. The lowest BCUT2D eigenvalue weighted by Crippen LogP contribution is -2.21. The summed E-state index contributed by atoms with van der Waals surface area (Å²) in [5, 5.41) is 3.68. The number of sulfone groups is 1. The van der Waals surface area contributed by atoms with E-state index in [1.165, 1.54) is 18.3 Å². The summed E-state index contributed by atoms with van der Waals surface area (Å²) in [5.74, 6) is -0.797. The smallest absolute Gasteiger partial charge is 0.240 e. The van der Waals surface area contributed by atoms with Gasteiger partial charge in [0.05, 0.1) is 17.7 Å². The third kappa shape index (κ3) is 4.89. The summed E-state index contributed by atoms with van der Waals surface area (Å²) in [5.41, 5.74) is 2.54. The zero-order chi connectivity index (χ0) is 15.5. The highest BCUT2D eigenvalue weighted by Crippen LogP contribution is 2.21. The molecule has 8 heteroatoms. The number of carbonyl (C=O) groups excluding carboxylic acids is 1. The fourth-order valence-corrected chi connectivity index (χ4v) is 4.32. The normalized spacial score (nSPS) is 20.8. The van der Waals surface area contributed by atoms with Crippen molar-refractivity contribution < 1.29 is 17.6 Å². The Bertz CT molecular complexity index is 676. The van der Waals surface area contributed by atoms with Crippen LogP contribution in [0.15, 0.2) is 27.8 Å². The number of hydrogen-bond acceptors (Lipinski definition) is 4. The first-order valence-corrected chi connectivity index (χ1v) is 8.94. The van der Waals surface area contributed by atoms with Crippen molar-refractivity contribution in [2.45, 2.75) is 12.8 Å². The highest BCUT2D eigenvalue weighted by molar-refractivity contribution is 9.10. The SMILES string of the molecule is O=C(C[C@H]1CCS(=O)(=O)C1)N/N=C\c1ccc(Br)cc1F. The molecule has 5 nitrogen and oxygen atoms in total. The van der Waals surface area contributed by atoms with E-state index in [1.807, 2.05) is 0 Å². The molecule has 0 saturated carbocycles. The van der Waals surface area contributed by atoms with Crippen molar-refractivity contribution in [2.75, 3.05) is 11.5 Å². The van der Waals surface area contributed by atoms with Crippen LogP contribution in [0.3, 0.4) is 0 Å². The Morgan fingerprint density at radius 2 is 2.29 bits per heavy atom. The maximum Gasteiger partial charge on any atom is 0.240 e. The van der Waals surface area contributed by atoms with Gasteiger partial charge in [0, 0.05) is 16.5 Å². The van der Waals surface area contributed by atoms with E-state index in [4.69, 9.17) is 0 Å². The number of benzene rings is 1. The minimum absolute atomic E-state index is 0.0471. The molecule has 1 N–H and O–H groups in total. The molecule has 1 aromatic rings. The summed E-state index contributed by atoms with van der Waals surface area (Å²) in [6.45, 7) is 0. The molecule has 0 radical (unpaired) electrons. The number of nitrogens with one attached hydrogen (secondary N) is 1. The van der Waals surface area contributed by atoms with Crippen LogP contribution in [-0.2, 0) is 14.6 Å². The molecule has 0 spiro atoms. The minimum Gasteiger partial charge on any atom is -0.273 e. The van der Waals surface area contributed by atoms with E-state index >= 15 is 0 Å². The average Bonchev–Trinajstić information content (AvgIpc) is 2.71. The van der Waals surface area contributed by atoms with Crippen molar-refractivity contribution in [3.8, 4) is 0 Å². The van der Waals surface area contributed by atoms with E-state index in [0.29, 0.717) is 10.9 Å². The summed E-state index contributed by atoms with van der Waals surface area (Å²) >= 11 is 3.14. The molecule has 1 fully saturated rings. The number of hydrazone groups is 1. The molecule has 21 heavy (non-hydrogen) atoms. The van der Waals surface area contributed by atoms with Crippen molar-refractivity contribution in [1.29, 1.82) is 0 Å². The average molecular weight is 377 g/mol. The Balaban J connectivity index is 1.85. The van der Waals surface area contributed by atoms with Gasteiger partial charge in [0.1, 0.15) is 5.82 Å². The van der Waals surface area contributed by atoms with Gasteiger partial charge in [-0.1, -0.05) is 15.9 Å². The Kier molecular flexibility index (Phi) is 5.10. The van der Waals surface area contributed by atoms with Crippen molar-refractivity contribution in [3.63, 3.8) is 0 Å². The van der Waals surface area contributed by atoms with Crippen molar-refractivity contribution in [1.82, 2.24) is 5.43 Å². The summed E-state index contributed by atoms with van der Waals surface area (Å²) in [4.78, 5) is 11.6. The van der Waals surface area contributed by atoms with Crippen molar-refractivity contribution in [2.24, 2.45) is 11.0 Å². The number of amides is 1. The van der Waals surface area contributed by atoms with E-state index in [-0.39, 0.29) is 35.3 Å². The summed E-state index contributed by atoms with van der Waals surface area (Å²) in [6, 6.07) is 4.49. The van der Waals surface area contributed by atoms with Gasteiger partial charge in [-0.05, 0) is 30.5 Å². The Hall–Kier alpha value is -1.28. The van der Waals surface area contributed by atoms with E-state index in [0.717, 1.165) is 0 Å². The number of carbonyl (C=O) groups is 1. The van der Waals surface area contributed by atoms with Crippen LogP contribution in [0, 0.1) is 11.7 Å². The molecule has 2 rings (SSSR count). The molecule has 1 aromatic carbocycles. The van der Waals surface area contributed by atoms with Crippen LogP contribution in [0.4, 0.5) is 4.39 Å². The topological polar surface area (TPSA) is 75.6 Å². The van der Waals surface area contributed by atoms with Gasteiger partial charge in [0.25, 0.3) is 0 Å². The second-order valence-electron chi connectivity index (χ2n) is 4.93. The lowest BCUT2D eigenvalue weighted by atomic mass is 10.1. The zero-order valence-corrected chi connectivity index (χ0v) is 13.5. The van der Waals surface area contributed by atoms with Gasteiger partial charge in [-0.15, -0.1) is 0 Å². The molecule has 1 atom stereocenters. The van der Waals surface area contributed by atoms with Crippen LogP contribution in [0.5, 0.6) is 0 Å². The van der Waals surface area contributed by atoms with Crippen LogP contribution in [0.25, 0.3) is 0 Å². The maximum absolute atomic E-state index is 13.5. The zero-order valence-electron chi connectivity index (χ0n) is 11.1. The third-order valence-electron chi connectivity index (χ3n) is 3.16. The maximum atomic E-state index is 13.5. The Labute approximate surface area is 130 Å². The van der Waals surface area contributed by atoms with Crippen LogP contribution in [0.1, 0.15) is 18.4 Å². The monoisotopic (exact) mass is 376 g/mol. The van der Waals surface area contributed by atoms with Gasteiger partial charge in [-0.2, -0.15) is 5.10 Å². The summed E-state index contributed by atoms with van der Waals surface area (Å²) < 4.78 is 36.7. The van der Waals surface area contributed by atoms with E-state index < -0.39 is 15.7 Å². The highest BCUT2D eigenvalue weighted by Gasteiger charge is 2.29. The molecule has 1 aliphatic rings. The molecule has 0 bridgehead atoms. The van der Waals surface area contributed by atoms with E-state index in [9.17, 15) is 17.6 Å². The molecular formula is C13H14BrFN2O3S. The molecule has 1 amide bonds. The fourth-order valence-electron chi connectivity index (χ4n) is 2.12. The Morgan fingerprint density at radius 3 is 2.90 bits per heavy atom. The standard InChI is InChI=1S/C13H14BrFN2O3S/c14-11-2-1-10(12(15)6-11)7-16-17-13(18)5-9-3-4-21(19,20)8-9/h1-2,6-7,9H,3-5,8H2,(H,17,18)/b16-7-/t9-/m1/s1. The molecule has 1 saturated heterocycles. The lowest BCUT2D eigenvalue weighted by Gasteiger charge is -2.05. The first-order valence-electron chi connectivity index (χ1n) is 6.33. The van der Waals surface area contributed by atoms with Gasteiger partial charge in [0.2, 0.25) is 5.91 Å². The van der Waals surface area contributed by atoms with E-state index in [1.54, 1.807) is 6.07 Å². The second kappa shape index (κ2) is 6.65. The first kappa shape index (κ1) is 16.1. The van der Waals surface area contributed by atoms with Gasteiger partial charge in [-0.25, -0.2) is 18.2 Å². The molecular weight excluding hydrogens is 363 g/mol. The first-order chi connectivity index (χ1) is 9.85. The Morgan fingerprint density at radius 1 is 1.52 bits per heavy atom. The van der Waals surface area contributed by atoms with Crippen LogP contribution in [0.2, 0.25) is 0 Å². The fraction of sp³-hybridized carbons (Fsp3) is 0.385. The number of halogens is 2. The van der Waals surface area contributed by atoms with Crippen molar-refractivity contribution >= 4 is 37.9 Å². The van der Waals surface area contributed by atoms with Crippen LogP contribution >= 0.6 is 15.9 Å². The van der Waals surface area contributed by atoms with Gasteiger partial charge >= 0.3 is 0 Å². The number of rotatable bonds is 4. The van der Waals surface area contributed by atoms with Crippen LogP contribution in [-0.4, -0.2) is 32.0 Å². The third-order valence-corrected chi connectivity index (χ3v) is 5.49. The molecule has 0 unspecified atom stereocenters. The summed E-state index contributed by atoms with van der Waals surface area (Å²) in [7, 11) is -2.99. The largest absolute Gasteiger partial charge is 0.273 e. The molecule has 0 aromatic heterocycles. The van der Waals surface area contributed by atoms with Gasteiger partial charge < -0.3 is 0 Å². The predicted molar refractivity (Wildman–Crippen MR) is 81.2 cm³/mol. The lowest BCUT2D eigenvalue weighted by molar-refractivity contribution is -0.121. The predicted octanol–water partition coefficient (Wildman–Crippen LogP) is 1.86. The van der Waals surface area contributed by atoms with Gasteiger partial charge in [-0.3, -0.25) is 4.79 Å². The second-order valence-corrected chi connectivity index (χ2v) is 8.08. The molecule has 0 aliphatic carbocycles. The van der Waals surface area contributed by atoms with Crippen LogP contribution < -0.4 is 5.43 Å². The number of nitrogens with zero attached hydrogens (tertiary/aromatic N) is 1. The van der Waals surface area contributed by atoms with Crippen molar-refractivity contribution in [3.05, 3.63) is 34.1 Å². The molecule has 1 heterocycles. The minimum atomic E-state index is -2.99. The number of hydrogen-bond donors (Lipinski definition) is 1.